The molecule has 0 spiro atoms. The molecule has 4 heteroatoms. The van der Waals surface area contributed by atoms with E-state index in [2.05, 4.69) is 59.5 Å². The smallest absolute Gasteiger partial charge is 0.137 e. The SMILES string of the molecule is Cc1c(Cl)nc(C(C)C)nc1NC1CC1c1ccccc1. The maximum Gasteiger partial charge on any atom is 0.137 e. The summed E-state index contributed by atoms with van der Waals surface area (Å²) in [6.07, 6.45) is 1.14. The molecule has 1 saturated carbocycles. The van der Waals surface area contributed by atoms with Crippen molar-refractivity contribution in [3.05, 3.63) is 52.4 Å². The molecule has 0 radical (unpaired) electrons. The number of halogens is 1. The molecule has 0 saturated heterocycles. The number of hydrogen-bond donors (Lipinski definition) is 1. The fraction of sp³-hybridized carbons (Fsp3) is 0.412. The number of rotatable bonds is 4. The van der Waals surface area contributed by atoms with Crippen molar-refractivity contribution in [1.82, 2.24) is 9.97 Å². The average molecular weight is 302 g/mol. The van der Waals surface area contributed by atoms with Crippen LogP contribution in [0.25, 0.3) is 0 Å². The summed E-state index contributed by atoms with van der Waals surface area (Å²) in [6, 6.07) is 11.1. The van der Waals surface area contributed by atoms with Crippen LogP contribution in [0, 0.1) is 6.92 Å². The second-order valence-corrected chi connectivity index (χ2v) is 6.36. The highest BCUT2D eigenvalue weighted by atomic mass is 35.5. The molecule has 110 valence electrons. The molecule has 3 nitrogen and oxygen atoms in total. The molecule has 0 aliphatic heterocycles. The summed E-state index contributed by atoms with van der Waals surface area (Å²) in [5.74, 6) is 2.52. The second kappa shape index (κ2) is 5.64. The summed E-state index contributed by atoms with van der Waals surface area (Å²) >= 11 is 6.23. The highest BCUT2D eigenvalue weighted by Gasteiger charge is 2.38. The van der Waals surface area contributed by atoms with E-state index < -0.39 is 0 Å². The van der Waals surface area contributed by atoms with Crippen LogP contribution in [0.4, 0.5) is 5.82 Å². The van der Waals surface area contributed by atoms with Crippen LogP contribution in [-0.2, 0) is 0 Å². The lowest BCUT2D eigenvalue weighted by atomic mass is 10.1. The van der Waals surface area contributed by atoms with Crippen molar-refractivity contribution < 1.29 is 0 Å². The number of nitrogens with one attached hydrogen (secondary N) is 1. The van der Waals surface area contributed by atoms with Crippen molar-refractivity contribution in [2.75, 3.05) is 5.32 Å². The Kier molecular flexibility index (Phi) is 3.85. The standard InChI is InChI=1S/C17H20ClN3/c1-10(2)16-20-15(18)11(3)17(21-16)19-14-9-13(14)12-7-5-4-6-8-12/h4-8,10,13-14H,9H2,1-3H3,(H,19,20,21). The third-order valence-electron chi connectivity index (χ3n) is 3.96. The van der Waals surface area contributed by atoms with Crippen LogP contribution in [-0.4, -0.2) is 16.0 Å². The fourth-order valence-corrected chi connectivity index (χ4v) is 2.68. The van der Waals surface area contributed by atoms with Gasteiger partial charge in [-0.15, -0.1) is 0 Å². The van der Waals surface area contributed by atoms with Gasteiger partial charge >= 0.3 is 0 Å². The molecular weight excluding hydrogens is 282 g/mol. The van der Waals surface area contributed by atoms with Gasteiger partial charge < -0.3 is 5.32 Å². The number of aromatic nitrogens is 2. The van der Waals surface area contributed by atoms with Crippen molar-refractivity contribution in [2.24, 2.45) is 0 Å². The van der Waals surface area contributed by atoms with E-state index in [0.29, 0.717) is 17.1 Å². The van der Waals surface area contributed by atoms with Gasteiger partial charge in [0, 0.05) is 23.4 Å². The monoisotopic (exact) mass is 301 g/mol. The highest BCUT2D eigenvalue weighted by molar-refractivity contribution is 6.30. The molecule has 1 aliphatic carbocycles. The van der Waals surface area contributed by atoms with E-state index in [1.165, 1.54) is 5.56 Å². The predicted octanol–water partition coefficient (Wildman–Crippen LogP) is 4.53. The van der Waals surface area contributed by atoms with Crippen molar-refractivity contribution in [3.63, 3.8) is 0 Å². The molecule has 1 heterocycles. The van der Waals surface area contributed by atoms with Gasteiger partial charge in [-0.05, 0) is 18.9 Å². The Morgan fingerprint density at radius 1 is 1.19 bits per heavy atom. The Labute approximate surface area is 130 Å². The van der Waals surface area contributed by atoms with E-state index in [1.807, 2.05) is 6.92 Å². The summed E-state index contributed by atoms with van der Waals surface area (Å²) < 4.78 is 0. The van der Waals surface area contributed by atoms with Crippen LogP contribution in [0.5, 0.6) is 0 Å². The van der Waals surface area contributed by atoms with Crippen LogP contribution in [0.2, 0.25) is 5.15 Å². The quantitative estimate of drug-likeness (QED) is 0.843. The lowest BCUT2D eigenvalue weighted by molar-refractivity contribution is 0.771. The molecule has 2 unspecified atom stereocenters. The predicted molar refractivity (Wildman–Crippen MR) is 87.1 cm³/mol. The minimum Gasteiger partial charge on any atom is -0.366 e. The summed E-state index contributed by atoms with van der Waals surface area (Å²) in [4.78, 5) is 8.99. The summed E-state index contributed by atoms with van der Waals surface area (Å²) in [7, 11) is 0. The molecule has 1 aromatic carbocycles. The van der Waals surface area contributed by atoms with E-state index in [4.69, 9.17) is 11.6 Å². The highest BCUT2D eigenvalue weighted by Crippen LogP contribution is 2.43. The van der Waals surface area contributed by atoms with Gasteiger partial charge in [0.15, 0.2) is 0 Å². The maximum absolute atomic E-state index is 6.23. The van der Waals surface area contributed by atoms with Gasteiger partial charge in [0.25, 0.3) is 0 Å². The number of nitrogens with zero attached hydrogens (tertiary/aromatic N) is 2. The average Bonchev–Trinajstić information content (AvgIpc) is 3.23. The first kappa shape index (κ1) is 14.3. The van der Waals surface area contributed by atoms with Crippen LogP contribution in [0.1, 0.15) is 49.1 Å². The topological polar surface area (TPSA) is 37.8 Å². The van der Waals surface area contributed by atoms with Gasteiger partial charge in [-0.25, -0.2) is 9.97 Å². The van der Waals surface area contributed by atoms with E-state index in [0.717, 1.165) is 23.6 Å². The lowest BCUT2D eigenvalue weighted by Gasteiger charge is -2.13. The van der Waals surface area contributed by atoms with Crippen molar-refractivity contribution in [3.8, 4) is 0 Å². The summed E-state index contributed by atoms with van der Waals surface area (Å²) in [5, 5.41) is 4.08. The van der Waals surface area contributed by atoms with E-state index in [9.17, 15) is 0 Å². The van der Waals surface area contributed by atoms with Crippen molar-refractivity contribution >= 4 is 17.4 Å². The minimum absolute atomic E-state index is 0.271. The van der Waals surface area contributed by atoms with Crippen LogP contribution in [0.3, 0.4) is 0 Å². The van der Waals surface area contributed by atoms with Gasteiger partial charge in [-0.3, -0.25) is 0 Å². The van der Waals surface area contributed by atoms with Gasteiger partial charge in [0.1, 0.15) is 16.8 Å². The summed E-state index contributed by atoms with van der Waals surface area (Å²) in [5.41, 5.74) is 2.32. The third-order valence-corrected chi connectivity index (χ3v) is 4.33. The molecule has 1 aliphatic rings. The second-order valence-electron chi connectivity index (χ2n) is 6.00. The Balaban J connectivity index is 1.77. The molecular formula is C17H20ClN3. The molecule has 3 rings (SSSR count). The van der Waals surface area contributed by atoms with E-state index in [-0.39, 0.29) is 5.92 Å². The van der Waals surface area contributed by atoms with Crippen molar-refractivity contribution in [1.29, 1.82) is 0 Å². The van der Waals surface area contributed by atoms with Crippen LogP contribution < -0.4 is 5.32 Å². The zero-order valence-electron chi connectivity index (χ0n) is 12.6. The number of benzene rings is 1. The van der Waals surface area contributed by atoms with Gasteiger partial charge in [0.05, 0.1) is 0 Å². The molecule has 21 heavy (non-hydrogen) atoms. The molecule has 2 aromatic rings. The molecule has 1 aromatic heterocycles. The largest absolute Gasteiger partial charge is 0.366 e. The first-order valence-corrected chi connectivity index (χ1v) is 7.79. The Bertz CT molecular complexity index is 640. The molecule has 0 bridgehead atoms. The van der Waals surface area contributed by atoms with Crippen molar-refractivity contribution in [2.45, 2.75) is 45.1 Å². The Morgan fingerprint density at radius 3 is 2.57 bits per heavy atom. The lowest BCUT2D eigenvalue weighted by Crippen LogP contribution is -2.11. The van der Waals surface area contributed by atoms with E-state index >= 15 is 0 Å². The van der Waals surface area contributed by atoms with Gasteiger partial charge in [0.2, 0.25) is 0 Å². The normalized spacial score (nSPS) is 20.6. The first-order chi connectivity index (χ1) is 10.1. The van der Waals surface area contributed by atoms with Gasteiger partial charge in [-0.1, -0.05) is 55.8 Å². The molecule has 1 fully saturated rings. The molecule has 0 amide bonds. The minimum atomic E-state index is 0.271. The van der Waals surface area contributed by atoms with Crippen LogP contribution >= 0.6 is 11.6 Å². The first-order valence-electron chi connectivity index (χ1n) is 7.41. The Hall–Kier alpha value is -1.61. The maximum atomic E-state index is 6.23. The summed E-state index contributed by atoms with van der Waals surface area (Å²) in [6.45, 7) is 6.12. The van der Waals surface area contributed by atoms with E-state index in [1.54, 1.807) is 0 Å². The zero-order valence-corrected chi connectivity index (χ0v) is 13.4. The fourth-order valence-electron chi connectivity index (χ4n) is 2.50. The van der Waals surface area contributed by atoms with Gasteiger partial charge in [-0.2, -0.15) is 0 Å². The molecule has 1 N–H and O–H groups in total. The third kappa shape index (κ3) is 3.03. The number of anilines is 1. The zero-order chi connectivity index (χ0) is 15.0. The molecule has 2 atom stereocenters. The Morgan fingerprint density at radius 2 is 1.90 bits per heavy atom. The van der Waals surface area contributed by atoms with Crippen LogP contribution in [0.15, 0.2) is 30.3 Å². The number of hydrogen-bond acceptors (Lipinski definition) is 3.